The van der Waals surface area contributed by atoms with Crippen LogP contribution in [0.5, 0.6) is 0 Å². The SMILES string of the molecule is CCCCCCCCC(c1cccc(C(F)(F)F)c1)C(OC)(OC)OC(C)C. The van der Waals surface area contributed by atoms with E-state index in [0.29, 0.717) is 12.0 Å². The number of halogens is 3. The average molecular weight is 405 g/mol. The Bertz CT molecular complexity index is 554. The highest BCUT2D eigenvalue weighted by atomic mass is 19.4. The van der Waals surface area contributed by atoms with Crippen LogP contribution in [0.1, 0.15) is 82.8 Å². The second-order valence-corrected chi connectivity index (χ2v) is 7.41. The monoisotopic (exact) mass is 404 g/mol. The zero-order valence-electron chi connectivity index (χ0n) is 17.8. The molecule has 0 aliphatic heterocycles. The van der Waals surface area contributed by atoms with Gasteiger partial charge in [-0.15, -0.1) is 0 Å². The summed E-state index contributed by atoms with van der Waals surface area (Å²) < 4.78 is 56.9. The maximum absolute atomic E-state index is 13.2. The number of alkyl halides is 3. The summed E-state index contributed by atoms with van der Waals surface area (Å²) >= 11 is 0. The molecule has 0 aliphatic rings. The lowest BCUT2D eigenvalue weighted by Crippen LogP contribution is -2.45. The maximum atomic E-state index is 13.2. The van der Waals surface area contributed by atoms with E-state index >= 15 is 0 Å². The highest BCUT2D eigenvalue weighted by Gasteiger charge is 2.43. The molecule has 0 heterocycles. The summed E-state index contributed by atoms with van der Waals surface area (Å²) in [4.78, 5) is 0. The molecule has 0 N–H and O–H groups in total. The minimum absolute atomic E-state index is 0.210. The zero-order chi connectivity index (χ0) is 21.2. The molecule has 28 heavy (non-hydrogen) atoms. The smallest absolute Gasteiger partial charge is 0.330 e. The van der Waals surface area contributed by atoms with Gasteiger partial charge in [-0.3, -0.25) is 0 Å². The minimum atomic E-state index is -4.40. The molecule has 0 saturated heterocycles. The van der Waals surface area contributed by atoms with Crippen LogP contribution >= 0.6 is 0 Å². The second-order valence-electron chi connectivity index (χ2n) is 7.41. The van der Waals surface area contributed by atoms with E-state index in [9.17, 15) is 13.2 Å². The van der Waals surface area contributed by atoms with Gasteiger partial charge < -0.3 is 14.2 Å². The van der Waals surface area contributed by atoms with Crippen molar-refractivity contribution in [3.05, 3.63) is 35.4 Å². The van der Waals surface area contributed by atoms with Gasteiger partial charge >= 0.3 is 6.18 Å². The van der Waals surface area contributed by atoms with Gasteiger partial charge in [-0.25, -0.2) is 0 Å². The van der Waals surface area contributed by atoms with Crippen molar-refractivity contribution in [1.82, 2.24) is 0 Å². The third-order valence-electron chi connectivity index (χ3n) is 4.86. The molecule has 3 nitrogen and oxygen atoms in total. The van der Waals surface area contributed by atoms with Crippen molar-refractivity contribution in [2.75, 3.05) is 14.2 Å². The van der Waals surface area contributed by atoms with E-state index in [1.54, 1.807) is 6.07 Å². The highest BCUT2D eigenvalue weighted by Crippen LogP contribution is 2.40. The van der Waals surface area contributed by atoms with E-state index in [1.165, 1.54) is 45.6 Å². The van der Waals surface area contributed by atoms with E-state index in [1.807, 2.05) is 13.8 Å². The number of hydrogen-bond donors (Lipinski definition) is 0. The first-order valence-corrected chi connectivity index (χ1v) is 10.2. The maximum Gasteiger partial charge on any atom is 0.416 e. The minimum Gasteiger partial charge on any atom is -0.330 e. The lowest BCUT2D eigenvalue weighted by molar-refractivity contribution is -0.385. The lowest BCUT2D eigenvalue weighted by Gasteiger charge is -2.39. The van der Waals surface area contributed by atoms with Crippen molar-refractivity contribution in [1.29, 1.82) is 0 Å². The van der Waals surface area contributed by atoms with E-state index in [-0.39, 0.29) is 6.10 Å². The molecule has 0 aliphatic carbocycles. The molecule has 0 spiro atoms. The van der Waals surface area contributed by atoms with Crippen molar-refractivity contribution in [3.63, 3.8) is 0 Å². The molecule has 0 bridgehead atoms. The van der Waals surface area contributed by atoms with Crippen LogP contribution in [0, 0.1) is 0 Å². The van der Waals surface area contributed by atoms with Gasteiger partial charge in [0.05, 0.1) is 17.6 Å². The fraction of sp³-hybridized carbons (Fsp3) is 0.727. The Hall–Kier alpha value is -1.11. The van der Waals surface area contributed by atoms with Crippen LogP contribution in [0.4, 0.5) is 13.2 Å². The van der Waals surface area contributed by atoms with E-state index in [2.05, 4.69) is 6.92 Å². The van der Waals surface area contributed by atoms with Gasteiger partial charge in [0, 0.05) is 14.2 Å². The molecule has 0 radical (unpaired) electrons. The molecular formula is C22H35F3O3. The Morgan fingerprint density at radius 1 is 0.929 bits per heavy atom. The Morgan fingerprint density at radius 3 is 2.07 bits per heavy atom. The Labute approximate surface area is 167 Å². The first kappa shape index (κ1) is 24.9. The predicted molar refractivity (Wildman–Crippen MR) is 105 cm³/mol. The summed E-state index contributed by atoms with van der Waals surface area (Å²) in [5, 5.41) is 0. The third kappa shape index (κ3) is 7.37. The van der Waals surface area contributed by atoms with E-state index < -0.39 is 23.6 Å². The van der Waals surface area contributed by atoms with Crippen molar-refractivity contribution in [2.24, 2.45) is 0 Å². The van der Waals surface area contributed by atoms with Gasteiger partial charge in [0.2, 0.25) is 0 Å². The second kappa shape index (κ2) is 11.8. The van der Waals surface area contributed by atoms with Crippen molar-refractivity contribution in [3.8, 4) is 0 Å². The molecule has 0 fully saturated rings. The van der Waals surface area contributed by atoms with Crippen LogP contribution in [-0.4, -0.2) is 26.3 Å². The highest BCUT2D eigenvalue weighted by molar-refractivity contribution is 5.29. The van der Waals surface area contributed by atoms with Gasteiger partial charge in [0.1, 0.15) is 0 Å². The summed E-state index contributed by atoms with van der Waals surface area (Å²) in [5.41, 5.74) is -0.170. The summed E-state index contributed by atoms with van der Waals surface area (Å²) in [6, 6.07) is 5.37. The van der Waals surface area contributed by atoms with Crippen LogP contribution in [0.15, 0.2) is 24.3 Å². The van der Waals surface area contributed by atoms with Crippen molar-refractivity contribution < 1.29 is 27.4 Å². The Balaban J connectivity index is 3.13. The number of unbranched alkanes of at least 4 members (excludes halogenated alkanes) is 5. The molecule has 1 unspecified atom stereocenters. The molecule has 1 rings (SSSR count). The van der Waals surface area contributed by atoms with Crippen LogP contribution in [0.3, 0.4) is 0 Å². The fourth-order valence-electron chi connectivity index (χ4n) is 3.48. The normalized spacial score (nSPS) is 13.9. The zero-order valence-corrected chi connectivity index (χ0v) is 17.8. The molecule has 1 atom stereocenters. The molecule has 162 valence electrons. The molecule has 1 aromatic rings. The first-order chi connectivity index (χ1) is 13.2. The number of benzene rings is 1. The van der Waals surface area contributed by atoms with Crippen LogP contribution in [-0.2, 0) is 20.4 Å². The number of ether oxygens (including phenoxy) is 3. The Morgan fingerprint density at radius 2 is 1.54 bits per heavy atom. The number of hydrogen-bond acceptors (Lipinski definition) is 3. The standard InChI is InChI=1S/C22H35F3O3/c1-6-7-8-9-10-11-15-20(22(26-4,27-5)28-17(2)3)18-13-12-14-19(16-18)21(23,24)25/h12-14,16-17,20H,6-11,15H2,1-5H3. The largest absolute Gasteiger partial charge is 0.416 e. The van der Waals surface area contributed by atoms with Crippen molar-refractivity contribution in [2.45, 2.75) is 89.9 Å². The Kier molecular flexibility index (Phi) is 10.5. The van der Waals surface area contributed by atoms with Gasteiger partial charge in [-0.05, 0) is 31.9 Å². The topological polar surface area (TPSA) is 27.7 Å². The summed E-state index contributed by atoms with van der Waals surface area (Å²) in [5.74, 6) is -1.90. The number of methoxy groups -OCH3 is 2. The predicted octanol–water partition coefficient (Wildman–Crippen LogP) is 6.91. The fourth-order valence-corrected chi connectivity index (χ4v) is 3.48. The van der Waals surface area contributed by atoms with E-state index in [0.717, 1.165) is 25.3 Å². The van der Waals surface area contributed by atoms with Crippen molar-refractivity contribution >= 4 is 0 Å². The summed E-state index contributed by atoms with van der Waals surface area (Å²) in [7, 11) is 2.93. The lowest BCUT2D eigenvalue weighted by atomic mass is 9.89. The molecule has 0 aromatic heterocycles. The van der Waals surface area contributed by atoms with Crippen LogP contribution in [0.2, 0.25) is 0 Å². The van der Waals surface area contributed by atoms with Crippen LogP contribution in [0.25, 0.3) is 0 Å². The third-order valence-corrected chi connectivity index (χ3v) is 4.86. The molecule has 1 aromatic carbocycles. The van der Waals surface area contributed by atoms with Gasteiger partial charge in [-0.1, -0.05) is 63.6 Å². The van der Waals surface area contributed by atoms with Gasteiger partial charge in [0.25, 0.3) is 5.97 Å². The molecule has 0 saturated carbocycles. The number of rotatable bonds is 13. The van der Waals surface area contributed by atoms with Gasteiger partial charge in [-0.2, -0.15) is 13.2 Å². The average Bonchev–Trinajstić information content (AvgIpc) is 2.65. The molecular weight excluding hydrogens is 369 g/mol. The molecule has 0 amide bonds. The first-order valence-electron chi connectivity index (χ1n) is 10.2. The summed E-state index contributed by atoms with van der Waals surface area (Å²) in [6.07, 6.45) is 2.54. The van der Waals surface area contributed by atoms with Gasteiger partial charge in [0.15, 0.2) is 0 Å². The quantitative estimate of drug-likeness (QED) is 0.264. The summed E-state index contributed by atoms with van der Waals surface area (Å²) in [6.45, 7) is 5.86. The molecule has 6 heteroatoms. The van der Waals surface area contributed by atoms with Crippen LogP contribution < -0.4 is 0 Å². The van der Waals surface area contributed by atoms with E-state index in [4.69, 9.17) is 14.2 Å².